The van der Waals surface area contributed by atoms with E-state index in [9.17, 15) is 4.79 Å². The average molecular weight is 386 g/mol. The zero-order valence-corrected chi connectivity index (χ0v) is 16.0. The Morgan fingerprint density at radius 3 is 2.55 bits per heavy atom. The number of benzene rings is 2. The first-order valence-corrected chi connectivity index (χ1v) is 9.53. The van der Waals surface area contributed by atoms with Crippen LogP contribution in [0.2, 0.25) is 0 Å². The van der Waals surface area contributed by atoms with Crippen LogP contribution in [-0.2, 0) is 17.7 Å². The monoisotopic (exact) mass is 386 g/mol. The number of cyclic esters (lactones) is 1. The lowest BCUT2D eigenvalue weighted by molar-refractivity contribution is 0.179. The number of ether oxygens (including phenoxy) is 1. The number of carbonyl (C=O) groups excluding carboxylic acids is 1. The minimum Gasteiger partial charge on any atom is -0.447 e. The first-order chi connectivity index (χ1) is 14.3. The van der Waals surface area contributed by atoms with Gasteiger partial charge >= 0.3 is 6.09 Å². The lowest BCUT2D eigenvalue weighted by atomic mass is 10.1. The van der Waals surface area contributed by atoms with E-state index in [1.54, 1.807) is 15.7 Å². The molecule has 1 aromatic heterocycles. The van der Waals surface area contributed by atoms with Crippen LogP contribution in [0.3, 0.4) is 0 Å². The number of aromatic nitrogens is 3. The Hall–Kier alpha value is -3.67. The third-order valence-electron chi connectivity index (χ3n) is 4.83. The Kier molecular flexibility index (Phi) is 5.52. The number of hydrogen-bond donors (Lipinski definition) is 0. The molecule has 0 radical (unpaired) electrons. The fourth-order valence-corrected chi connectivity index (χ4v) is 3.42. The van der Waals surface area contributed by atoms with Gasteiger partial charge in [-0.2, -0.15) is 0 Å². The van der Waals surface area contributed by atoms with Crippen LogP contribution >= 0.6 is 0 Å². The van der Waals surface area contributed by atoms with E-state index in [-0.39, 0.29) is 12.6 Å². The van der Waals surface area contributed by atoms with Gasteiger partial charge in [0.15, 0.2) is 5.82 Å². The van der Waals surface area contributed by atoms with Crippen molar-refractivity contribution in [1.29, 1.82) is 0 Å². The molecule has 0 unspecified atom stereocenters. The van der Waals surface area contributed by atoms with Crippen molar-refractivity contribution in [3.05, 3.63) is 96.2 Å². The van der Waals surface area contributed by atoms with Crippen LogP contribution in [0.5, 0.6) is 0 Å². The SMILES string of the molecule is C=CCc1c(N2C(=O)OC[C@H]2c2ccccc2)nnn1C/C=C/c1ccccc1. The number of carbonyl (C=O) groups is 1. The van der Waals surface area contributed by atoms with Crippen molar-refractivity contribution < 1.29 is 9.53 Å². The van der Waals surface area contributed by atoms with Gasteiger partial charge in [-0.15, -0.1) is 11.7 Å². The second kappa shape index (κ2) is 8.56. The predicted molar refractivity (Wildman–Crippen MR) is 112 cm³/mol. The number of anilines is 1. The summed E-state index contributed by atoms with van der Waals surface area (Å²) in [5.41, 5.74) is 2.95. The van der Waals surface area contributed by atoms with Crippen LogP contribution in [-0.4, -0.2) is 27.7 Å². The van der Waals surface area contributed by atoms with Crippen LogP contribution in [0.15, 0.2) is 79.4 Å². The molecule has 1 saturated heterocycles. The van der Waals surface area contributed by atoms with E-state index in [0.717, 1.165) is 16.8 Å². The molecule has 1 atom stereocenters. The standard InChI is InChI=1S/C23H22N4O2/c1-2-10-20-22(24-25-26(20)16-9-13-18-11-5-3-6-12-18)27-21(17-29-23(27)28)19-14-7-4-8-15-19/h2-9,11-15,21H,1,10,16-17H2/b13-9+/t21-/m0/s1. The molecule has 4 rings (SSSR count). The van der Waals surface area contributed by atoms with Crippen molar-refractivity contribution >= 4 is 18.0 Å². The lowest BCUT2D eigenvalue weighted by Crippen LogP contribution is -2.28. The van der Waals surface area contributed by atoms with Crippen LogP contribution in [0.25, 0.3) is 6.08 Å². The van der Waals surface area contributed by atoms with Crippen LogP contribution < -0.4 is 4.90 Å². The molecular weight excluding hydrogens is 364 g/mol. The van der Waals surface area contributed by atoms with E-state index in [4.69, 9.17) is 4.74 Å². The Morgan fingerprint density at radius 1 is 1.10 bits per heavy atom. The van der Waals surface area contributed by atoms with Crippen molar-refractivity contribution in [3.8, 4) is 0 Å². The molecule has 0 saturated carbocycles. The topological polar surface area (TPSA) is 60.3 Å². The Labute approximate surface area is 169 Å². The average Bonchev–Trinajstić information content (AvgIpc) is 3.33. The molecule has 3 aromatic rings. The molecule has 1 aliphatic rings. The van der Waals surface area contributed by atoms with E-state index in [1.807, 2.05) is 72.8 Å². The first-order valence-electron chi connectivity index (χ1n) is 9.53. The molecule has 2 aromatic carbocycles. The predicted octanol–water partition coefficient (Wildman–Crippen LogP) is 4.42. The summed E-state index contributed by atoms with van der Waals surface area (Å²) < 4.78 is 7.13. The zero-order chi connectivity index (χ0) is 20.1. The number of amides is 1. The van der Waals surface area contributed by atoms with Gasteiger partial charge in [0, 0.05) is 6.42 Å². The van der Waals surface area contributed by atoms with Crippen LogP contribution in [0.1, 0.15) is 22.9 Å². The summed E-state index contributed by atoms with van der Waals surface area (Å²) in [4.78, 5) is 14.1. The molecule has 0 aliphatic carbocycles. The fourth-order valence-electron chi connectivity index (χ4n) is 3.42. The van der Waals surface area contributed by atoms with E-state index < -0.39 is 6.09 Å². The maximum atomic E-state index is 12.5. The molecule has 1 fully saturated rings. The second-order valence-electron chi connectivity index (χ2n) is 6.72. The maximum absolute atomic E-state index is 12.5. The molecule has 146 valence electrons. The maximum Gasteiger partial charge on any atom is 0.416 e. The molecule has 2 heterocycles. The Morgan fingerprint density at radius 2 is 1.83 bits per heavy atom. The quantitative estimate of drug-likeness (QED) is 0.564. The van der Waals surface area contributed by atoms with E-state index in [1.165, 1.54) is 0 Å². The highest BCUT2D eigenvalue weighted by Gasteiger charge is 2.38. The van der Waals surface area contributed by atoms with Crippen molar-refractivity contribution in [2.45, 2.75) is 19.0 Å². The molecule has 0 N–H and O–H groups in total. The minimum absolute atomic E-state index is 0.225. The van der Waals surface area contributed by atoms with Gasteiger partial charge in [0.05, 0.1) is 12.2 Å². The van der Waals surface area contributed by atoms with Crippen LogP contribution in [0, 0.1) is 0 Å². The highest BCUT2D eigenvalue weighted by atomic mass is 16.6. The Balaban J connectivity index is 1.62. The van der Waals surface area contributed by atoms with Gasteiger partial charge in [-0.3, -0.25) is 0 Å². The summed E-state index contributed by atoms with van der Waals surface area (Å²) >= 11 is 0. The van der Waals surface area contributed by atoms with Gasteiger partial charge in [-0.05, 0) is 11.1 Å². The van der Waals surface area contributed by atoms with Crippen molar-refractivity contribution in [2.75, 3.05) is 11.5 Å². The van der Waals surface area contributed by atoms with Gasteiger partial charge in [-0.1, -0.05) is 84.1 Å². The summed E-state index contributed by atoms with van der Waals surface area (Å²) in [6, 6.07) is 19.7. The van der Waals surface area contributed by atoms with Gasteiger partial charge in [-0.25, -0.2) is 14.4 Å². The molecule has 6 heteroatoms. The number of nitrogens with zero attached hydrogens (tertiary/aromatic N) is 4. The molecular formula is C23H22N4O2. The summed E-state index contributed by atoms with van der Waals surface area (Å²) in [6.07, 6.45) is 5.99. The lowest BCUT2D eigenvalue weighted by Gasteiger charge is -2.20. The summed E-state index contributed by atoms with van der Waals surface area (Å²) in [5, 5.41) is 8.62. The smallest absolute Gasteiger partial charge is 0.416 e. The first kappa shape index (κ1) is 18.7. The fraction of sp³-hybridized carbons (Fsp3) is 0.174. The molecule has 29 heavy (non-hydrogen) atoms. The molecule has 0 bridgehead atoms. The zero-order valence-electron chi connectivity index (χ0n) is 16.0. The molecule has 6 nitrogen and oxygen atoms in total. The van der Waals surface area contributed by atoms with E-state index >= 15 is 0 Å². The largest absolute Gasteiger partial charge is 0.447 e. The number of allylic oxidation sites excluding steroid dienone is 2. The van der Waals surface area contributed by atoms with Crippen molar-refractivity contribution in [3.63, 3.8) is 0 Å². The Bertz CT molecular complexity index is 1010. The summed E-state index contributed by atoms with van der Waals surface area (Å²) in [7, 11) is 0. The normalized spacial score (nSPS) is 16.3. The van der Waals surface area contributed by atoms with Crippen molar-refractivity contribution in [2.24, 2.45) is 0 Å². The van der Waals surface area contributed by atoms with Gasteiger partial charge < -0.3 is 4.74 Å². The molecule has 0 spiro atoms. The third-order valence-corrected chi connectivity index (χ3v) is 4.83. The van der Waals surface area contributed by atoms with Gasteiger partial charge in [0.2, 0.25) is 0 Å². The molecule has 1 aliphatic heterocycles. The van der Waals surface area contributed by atoms with Crippen molar-refractivity contribution in [1.82, 2.24) is 15.0 Å². The number of hydrogen-bond acceptors (Lipinski definition) is 4. The van der Waals surface area contributed by atoms with Gasteiger partial charge in [0.1, 0.15) is 12.6 Å². The van der Waals surface area contributed by atoms with Crippen LogP contribution in [0.4, 0.5) is 10.6 Å². The van der Waals surface area contributed by atoms with Gasteiger partial charge in [0.25, 0.3) is 0 Å². The number of rotatable bonds is 7. The van der Waals surface area contributed by atoms with E-state index in [2.05, 4.69) is 16.9 Å². The molecule has 1 amide bonds. The second-order valence-corrected chi connectivity index (χ2v) is 6.72. The summed E-state index contributed by atoms with van der Waals surface area (Å²) in [6.45, 7) is 4.68. The minimum atomic E-state index is -0.406. The highest BCUT2D eigenvalue weighted by Crippen LogP contribution is 2.33. The highest BCUT2D eigenvalue weighted by molar-refractivity contribution is 5.90. The summed E-state index contributed by atoms with van der Waals surface area (Å²) in [5.74, 6) is 0.523. The van der Waals surface area contributed by atoms with E-state index in [0.29, 0.717) is 18.8 Å². The third kappa shape index (κ3) is 3.96.